The summed E-state index contributed by atoms with van der Waals surface area (Å²) in [5.74, 6) is 2.10. The van der Waals surface area contributed by atoms with Crippen LogP contribution >= 0.6 is 11.3 Å². The molecule has 1 aliphatic heterocycles. The average Bonchev–Trinajstić information content (AvgIpc) is 3.61. The number of nitrogens with zero attached hydrogens (tertiary/aromatic N) is 3. The molecule has 1 unspecified atom stereocenters. The number of aromatic nitrogens is 2. The Hall–Kier alpha value is -3.31. The van der Waals surface area contributed by atoms with Gasteiger partial charge < -0.3 is 10.2 Å². The molecule has 5 rings (SSSR count). The van der Waals surface area contributed by atoms with Crippen molar-refractivity contribution in [1.82, 2.24) is 20.0 Å². The van der Waals surface area contributed by atoms with Crippen LogP contribution in [-0.2, 0) is 26.7 Å². The van der Waals surface area contributed by atoms with Gasteiger partial charge >= 0.3 is 0 Å². The van der Waals surface area contributed by atoms with Crippen LogP contribution in [0.3, 0.4) is 0 Å². The molecule has 2 amide bonds. The molecule has 2 aromatic heterocycles. The van der Waals surface area contributed by atoms with Crippen LogP contribution in [0.15, 0.2) is 48.8 Å². The SMILES string of the molecule is CCCC1CCC(C2CCN(c3cnc(-c4ccc(CC(NC(=O)c5ccc(C(C)(C)C)s5)C(=O)NS(=O)(=O)C(C)C)cc4)nc3)CC2)CC1. The molecular formula is C39H55N5O4S2. The van der Waals surface area contributed by atoms with Crippen molar-refractivity contribution in [2.45, 2.75) is 116 Å². The zero-order valence-corrected chi connectivity index (χ0v) is 32.2. The van der Waals surface area contributed by atoms with Crippen molar-refractivity contribution < 1.29 is 18.0 Å². The number of thiophene rings is 1. The molecule has 1 aliphatic carbocycles. The molecule has 0 radical (unpaired) electrons. The third-order valence-corrected chi connectivity index (χ3v) is 13.7. The fraction of sp³-hybridized carbons (Fsp3) is 0.590. The van der Waals surface area contributed by atoms with Gasteiger partial charge in [-0.2, -0.15) is 0 Å². The zero-order chi connectivity index (χ0) is 36.1. The molecule has 1 saturated carbocycles. The number of anilines is 1. The number of amides is 2. The second kappa shape index (κ2) is 16.4. The third-order valence-electron chi connectivity index (χ3n) is 10.5. The topological polar surface area (TPSA) is 121 Å². The number of piperidine rings is 1. The van der Waals surface area contributed by atoms with Gasteiger partial charge in [0.2, 0.25) is 10.0 Å². The Kier molecular flexibility index (Phi) is 12.4. The second-order valence-corrected chi connectivity index (χ2v) is 18.9. The Morgan fingerprint density at radius 3 is 2.10 bits per heavy atom. The molecule has 1 atom stereocenters. The molecule has 0 bridgehead atoms. The normalized spacial score (nSPS) is 19.7. The first-order chi connectivity index (χ1) is 23.7. The van der Waals surface area contributed by atoms with Crippen molar-refractivity contribution in [2.75, 3.05) is 18.0 Å². The largest absolute Gasteiger partial charge is 0.369 e. The fourth-order valence-electron chi connectivity index (χ4n) is 7.28. The Balaban J connectivity index is 1.20. The van der Waals surface area contributed by atoms with E-state index in [0.717, 1.165) is 52.5 Å². The Labute approximate surface area is 303 Å². The number of carbonyl (C=O) groups is 2. The molecule has 9 nitrogen and oxygen atoms in total. The summed E-state index contributed by atoms with van der Waals surface area (Å²) in [6.45, 7) is 13.6. The Morgan fingerprint density at radius 1 is 0.920 bits per heavy atom. The minimum atomic E-state index is -3.89. The van der Waals surface area contributed by atoms with E-state index in [1.807, 2.05) is 42.7 Å². The van der Waals surface area contributed by atoms with Gasteiger partial charge in [-0.1, -0.05) is 77.6 Å². The van der Waals surface area contributed by atoms with E-state index in [4.69, 9.17) is 0 Å². The quantitative estimate of drug-likeness (QED) is 0.199. The van der Waals surface area contributed by atoms with Crippen molar-refractivity contribution in [3.05, 3.63) is 64.1 Å². The van der Waals surface area contributed by atoms with Crippen molar-refractivity contribution in [3.8, 4) is 11.4 Å². The molecule has 272 valence electrons. The highest BCUT2D eigenvalue weighted by Crippen LogP contribution is 2.39. The summed E-state index contributed by atoms with van der Waals surface area (Å²) < 4.78 is 27.2. The number of rotatable bonds is 12. The number of hydrogen-bond donors (Lipinski definition) is 2. The summed E-state index contributed by atoms with van der Waals surface area (Å²) in [6, 6.07) is 10.1. The van der Waals surface area contributed by atoms with Crippen molar-refractivity contribution >= 4 is 38.9 Å². The summed E-state index contributed by atoms with van der Waals surface area (Å²) in [5, 5.41) is 1.99. The van der Waals surface area contributed by atoms with Gasteiger partial charge in [0.1, 0.15) is 6.04 Å². The van der Waals surface area contributed by atoms with Gasteiger partial charge in [0.25, 0.3) is 11.8 Å². The lowest BCUT2D eigenvalue weighted by atomic mass is 9.72. The summed E-state index contributed by atoms with van der Waals surface area (Å²) in [4.78, 5) is 39.8. The van der Waals surface area contributed by atoms with Crippen LogP contribution in [0.5, 0.6) is 0 Å². The fourth-order valence-corrected chi connectivity index (χ4v) is 8.90. The van der Waals surface area contributed by atoms with E-state index in [1.165, 1.54) is 76.6 Å². The molecule has 50 heavy (non-hydrogen) atoms. The minimum absolute atomic E-state index is 0.110. The van der Waals surface area contributed by atoms with Crippen molar-refractivity contribution in [1.29, 1.82) is 0 Å². The van der Waals surface area contributed by atoms with Crippen LogP contribution in [0.25, 0.3) is 11.4 Å². The van der Waals surface area contributed by atoms with E-state index < -0.39 is 33.1 Å². The van der Waals surface area contributed by atoms with Gasteiger partial charge in [0, 0.05) is 30.0 Å². The third kappa shape index (κ3) is 9.72. The summed E-state index contributed by atoms with van der Waals surface area (Å²) in [6.07, 6.45) is 14.7. The first-order valence-electron chi connectivity index (χ1n) is 18.4. The highest BCUT2D eigenvalue weighted by Gasteiger charge is 2.31. The Morgan fingerprint density at radius 2 is 1.54 bits per heavy atom. The molecule has 1 saturated heterocycles. The number of sulfonamides is 1. The lowest BCUT2D eigenvalue weighted by Crippen LogP contribution is -2.50. The predicted molar refractivity (Wildman–Crippen MR) is 203 cm³/mol. The molecule has 1 aromatic carbocycles. The van der Waals surface area contributed by atoms with E-state index >= 15 is 0 Å². The summed E-state index contributed by atoms with van der Waals surface area (Å²) >= 11 is 1.36. The van der Waals surface area contributed by atoms with Gasteiger partial charge in [-0.15, -0.1) is 11.3 Å². The van der Waals surface area contributed by atoms with E-state index in [2.05, 4.69) is 52.6 Å². The number of benzene rings is 1. The number of carbonyl (C=O) groups excluding carboxylic acids is 2. The standard InChI is InChI=1S/C39H55N5O4S2/c1-7-8-27-9-13-29(14-10-27)30-19-21-44(22-20-30)32-24-40-36(41-25-32)31-15-11-28(12-16-31)23-33(37(45)43-50(47,48)26(2)3)42-38(46)34-17-18-35(49-34)39(4,5)6/h11-12,15-18,24-27,29-30,33H,7-10,13-14,19-23H2,1-6H3,(H,42,46)(H,43,45). The lowest BCUT2D eigenvalue weighted by molar-refractivity contribution is -0.121. The number of nitrogens with one attached hydrogen (secondary N) is 2. The molecule has 3 heterocycles. The Bertz CT molecular complexity index is 1680. The molecular weight excluding hydrogens is 667 g/mol. The monoisotopic (exact) mass is 721 g/mol. The van der Waals surface area contributed by atoms with Crippen LogP contribution in [0.1, 0.15) is 113 Å². The van der Waals surface area contributed by atoms with E-state index in [-0.39, 0.29) is 11.8 Å². The number of hydrogen-bond acceptors (Lipinski definition) is 8. The van der Waals surface area contributed by atoms with Crippen LogP contribution in [0, 0.1) is 17.8 Å². The molecule has 3 aromatic rings. The predicted octanol–water partition coefficient (Wildman–Crippen LogP) is 7.52. The van der Waals surface area contributed by atoms with Crippen LogP contribution < -0.4 is 14.9 Å². The second-order valence-electron chi connectivity index (χ2n) is 15.6. The van der Waals surface area contributed by atoms with E-state index in [9.17, 15) is 18.0 Å². The lowest BCUT2D eigenvalue weighted by Gasteiger charge is -2.39. The maximum absolute atomic E-state index is 13.3. The van der Waals surface area contributed by atoms with Gasteiger partial charge in [-0.3, -0.25) is 14.3 Å². The van der Waals surface area contributed by atoms with Gasteiger partial charge in [-0.05, 0) is 80.4 Å². The van der Waals surface area contributed by atoms with Gasteiger partial charge in [0.15, 0.2) is 5.82 Å². The molecule has 2 N–H and O–H groups in total. The summed E-state index contributed by atoms with van der Waals surface area (Å²) in [7, 11) is -3.89. The van der Waals surface area contributed by atoms with Crippen LogP contribution in [-0.4, -0.2) is 54.6 Å². The molecule has 2 fully saturated rings. The maximum atomic E-state index is 13.3. The minimum Gasteiger partial charge on any atom is -0.369 e. The van der Waals surface area contributed by atoms with Gasteiger partial charge in [0.05, 0.1) is 28.2 Å². The average molecular weight is 722 g/mol. The summed E-state index contributed by atoms with van der Waals surface area (Å²) in [5.41, 5.74) is 2.52. The van der Waals surface area contributed by atoms with Gasteiger partial charge in [-0.25, -0.2) is 18.4 Å². The molecule has 2 aliphatic rings. The van der Waals surface area contributed by atoms with E-state index in [0.29, 0.717) is 10.7 Å². The molecule has 0 spiro atoms. The highest BCUT2D eigenvalue weighted by molar-refractivity contribution is 7.90. The first kappa shape index (κ1) is 37.9. The van der Waals surface area contributed by atoms with Crippen molar-refractivity contribution in [3.63, 3.8) is 0 Å². The van der Waals surface area contributed by atoms with Crippen LogP contribution in [0.4, 0.5) is 5.69 Å². The first-order valence-corrected chi connectivity index (χ1v) is 20.7. The molecule has 11 heteroatoms. The zero-order valence-electron chi connectivity index (χ0n) is 30.6. The van der Waals surface area contributed by atoms with E-state index in [1.54, 1.807) is 6.07 Å². The van der Waals surface area contributed by atoms with Crippen LogP contribution in [0.2, 0.25) is 0 Å². The van der Waals surface area contributed by atoms with Crippen molar-refractivity contribution in [2.24, 2.45) is 17.8 Å². The smallest absolute Gasteiger partial charge is 0.262 e. The highest BCUT2D eigenvalue weighted by atomic mass is 32.2. The maximum Gasteiger partial charge on any atom is 0.262 e.